The molecule has 2 rings (SSSR count). The number of aryl methyl sites for hydroxylation is 1. The van der Waals surface area contributed by atoms with Gasteiger partial charge in [0.15, 0.2) is 5.76 Å². The molecule has 124 valence electrons. The zero-order valence-corrected chi connectivity index (χ0v) is 13.9. The van der Waals surface area contributed by atoms with E-state index in [2.05, 4.69) is 9.88 Å². The highest BCUT2D eigenvalue weighted by molar-refractivity contribution is 7.90. The number of sulfonamides is 1. The Morgan fingerprint density at radius 3 is 2.59 bits per heavy atom. The Kier molecular flexibility index (Phi) is 5.23. The van der Waals surface area contributed by atoms with E-state index in [9.17, 15) is 13.2 Å². The number of hydrogen-bond donors (Lipinski definition) is 1. The Labute approximate surface area is 130 Å². The highest BCUT2D eigenvalue weighted by Crippen LogP contribution is 2.22. The highest BCUT2D eigenvalue weighted by Gasteiger charge is 2.28. The highest BCUT2D eigenvalue weighted by atomic mass is 32.2. The standard InChI is InChI=1S/C14H22N2O5S/c1-9(2)13-12(10(3)15-21-13)14(17)16-22(18,19)8-11-4-6-20-7-5-11/h9,11H,4-8H2,1-3H3,(H,16,17). The van der Waals surface area contributed by atoms with Gasteiger partial charge in [0.2, 0.25) is 10.0 Å². The first-order chi connectivity index (χ1) is 10.3. The maximum absolute atomic E-state index is 12.3. The molecule has 0 saturated carbocycles. The van der Waals surface area contributed by atoms with Crippen LogP contribution in [0.15, 0.2) is 4.52 Å². The van der Waals surface area contributed by atoms with Crippen molar-refractivity contribution in [3.63, 3.8) is 0 Å². The zero-order valence-electron chi connectivity index (χ0n) is 13.1. The zero-order chi connectivity index (χ0) is 16.3. The molecule has 1 saturated heterocycles. The molecular formula is C14H22N2O5S. The van der Waals surface area contributed by atoms with Crippen LogP contribution in [-0.2, 0) is 14.8 Å². The fourth-order valence-corrected chi connectivity index (χ4v) is 3.94. The molecule has 1 amide bonds. The summed E-state index contributed by atoms with van der Waals surface area (Å²) in [4.78, 5) is 12.3. The van der Waals surface area contributed by atoms with Crippen molar-refractivity contribution in [3.8, 4) is 0 Å². The van der Waals surface area contributed by atoms with E-state index >= 15 is 0 Å². The summed E-state index contributed by atoms with van der Waals surface area (Å²) in [6.07, 6.45) is 1.39. The van der Waals surface area contributed by atoms with Crippen LogP contribution in [0.3, 0.4) is 0 Å². The molecule has 1 fully saturated rings. The van der Waals surface area contributed by atoms with E-state index in [4.69, 9.17) is 9.26 Å². The van der Waals surface area contributed by atoms with E-state index in [-0.39, 0.29) is 23.2 Å². The molecule has 0 unspecified atom stereocenters. The SMILES string of the molecule is Cc1noc(C(C)C)c1C(=O)NS(=O)(=O)CC1CCOCC1. The van der Waals surface area contributed by atoms with Gasteiger partial charge in [0, 0.05) is 19.1 Å². The summed E-state index contributed by atoms with van der Waals surface area (Å²) in [6.45, 7) is 6.46. The molecular weight excluding hydrogens is 308 g/mol. The van der Waals surface area contributed by atoms with Crippen molar-refractivity contribution >= 4 is 15.9 Å². The molecule has 2 heterocycles. The predicted octanol–water partition coefficient (Wildman–Crippen LogP) is 1.59. The molecule has 8 heteroatoms. The molecule has 0 spiro atoms. The first-order valence-corrected chi connectivity index (χ1v) is 9.04. The normalized spacial score (nSPS) is 16.9. The van der Waals surface area contributed by atoms with Gasteiger partial charge in [-0.2, -0.15) is 0 Å². The van der Waals surface area contributed by atoms with E-state index in [0.29, 0.717) is 37.5 Å². The lowest BCUT2D eigenvalue weighted by atomic mass is 10.0. The predicted molar refractivity (Wildman–Crippen MR) is 80.1 cm³/mol. The Balaban J connectivity index is 2.09. The number of hydrogen-bond acceptors (Lipinski definition) is 6. The largest absolute Gasteiger partial charge is 0.381 e. The first kappa shape index (κ1) is 17.0. The number of aromatic nitrogens is 1. The number of ether oxygens (including phenoxy) is 1. The van der Waals surface area contributed by atoms with E-state index in [1.165, 1.54) is 0 Å². The Morgan fingerprint density at radius 2 is 2.00 bits per heavy atom. The van der Waals surface area contributed by atoms with Crippen molar-refractivity contribution in [2.45, 2.75) is 39.5 Å². The minimum atomic E-state index is -3.69. The summed E-state index contributed by atoms with van der Waals surface area (Å²) >= 11 is 0. The lowest BCUT2D eigenvalue weighted by Gasteiger charge is -2.21. The van der Waals surface area contributed by atoms with Crippen LogP contribution in [0.4, 0.5) is 0 Å². The number of nitrogens with zero attached hydrogens (tertiary/aromatic N) is 1. The van der Waals surface area contributed by atoms with Gasteiger partial charge in [0.1, 0.15) is 5.56 Å². The molecule has 0 atom stereocenters. The fraction of sp³-hybridized carbons (Fsp3) is 0.714. The van der Waals surface area contributed by atoms with E-state index in [0.717, 1.165) is 0 Å². The quantitative estimate of drug-likeness (QED) is 0.880. The molecule has 0 bridgehead atoms. The van der Waals surface area contributed by atoms with Gasteiger partial charge in [-0.3, -0.25) is 4.79 Å². The van der Waals surface area contributed by atoms with Crippen LogP contribution < -0.4 is 4.72 Å². The third-order valence-electron chi connectivity index (χ3n) is 3.68. The van der Waals surface area contributed by atoms with Gasteiger partial charge in [-0.15, -0.1) is 0 Å². The summed E-state index contributed by atoms with van der Waals surface area (Å²) in [5, 5.41) is 3.76. The van der Waals surface area contributed by atoms with Gasteiger partial charge in [-0.1, -0.05) is 19.0 Å². The number of carbonyl (C=O) groups excluding carboxylic acids is 1. The number of nitrogens with one attached hydrogen (secondary N) is 1. The number of carbonyl (C=O) groups is 1. The van der Waals surface area contributed by atoms with Crippen molar-refractivity contribution in [2.75, 3.05) is 19.0 Å². The molecule has 1 aliphatic heterocycles. The number of rotatable bonds is 5. The topological polar surface area (TPSA) is 98.5 Å². The summed E-state index contributed by atoms with van der Waals surface area (Å²) in [6, 6.07) is 0. The van der Waals surface area contributed by atoms with Gasteiger partial charge in [-0.25, -0.2) is 13.1 Å². The van der Waals surface area contributed by atoms with E-state index < -0.39 is 15.9 Å². The second-order valence-electron chi connectivity index (χ2n) is 5.93. The first-order valence-electron chi connectivity index (χ1n) is 7.39. The summed E-state index contributed by atoms with van der Waals surface area (Å²) in [5.74, 6) is -0.373. The smallest absolute Gasteiger partial charge is 0.270 e. The Hall–Kier alpha value is -1.41. The summed E-state index contributed by atoms with van der Waals surface area (Å²) in [5.41, 5.74) is 0.605. The second-order valence-corrected chi connectivity index (χ2v) is 7.70. The van der Waals surface area contributed by atoms with Crippen LogP contribution in [-0.4, -0.2) is 38.4 Å². The molecule has 22 heavy (non-hydrogen) atoms. The Bertz CT molecular complexity index is 630. The lowest BCUT2D eigenvalue weighted by Crippen LogP contribution is -2.36. The van der Waals surface area contributed by atoms with Crippen LogP contribution in [0.1, 0.15) is 54.4 Å². The third-order valence-corrected chi connectivity index (χ3v) is 5.09. The van der Waals surface area contributed by atoms with Crippen LogP contribution in [0.25, 0.3) is 0 Å². The maximum Gasteiger partial charge on any atom is 0.270 e. The minimum absolute atomic E-state index is 0.0205. The van der Waals surface area contributed by atoms with Crippen LogP contribution in [0.5, 0.6) is 0 Å². The molecule has 1 aliphatic rings. The van der Waals surface area contributed by atoms with Gasteiger partial charge >= 0.3 is 0 Å². The van der Waals surface area contributed by atoms with Gasteiger partial charge < -0.3 is 9.26 Å². The summed E-state index contributed by atoms with van der Waals surface area (Å²) in [7, 11) is -3.69. The maximum atomic E-state index is 12.3. The summed E-state index contributed by atoms with van der Waals surface area (Å²) < 4.78 is 36.8. The lowest BCUT2D eigenvalue weighted by molar-refractivity contribution is 0.0722. The molecule has 7 nitrogen and oxygen atoms in total. The molecule has 0 aliphatic carbocycles. The van der Waals surface area contributed by atoms with Gasteiger partial charge in [0.05, 0.1) is 11.4 Å². The molecule has 1 N–H and O–H groups in total. The molecule has 1 aromatic rings. The van der Waals surface area contributed by atoms with E-state index in [1.54, 1.807) is 6.92 Å². The van der Waals surface area contributed by atoms with Crippen molar-refractivity contribution in [1.29, 1.82) is 0 Å². The van der Waals surface area contributed by atoms with Gasteiger partial charge in [-0.05, 0) is 25.7 Å². The van der Waals surface area contributed by atoms with E-state index in [1.807, 2.05) is 13.8 Å². The van der Waals surface area contributed by atoms with Crippen LogP contribution in [0, 0.1) is 12.8 Å². The monoisotopic (exact) mass is 330 g/mol. The van der Waals surface area contributed by atoms with Crippen LogP contribution >= 0.6 is 0 Å². The van der Waals surface area contributed by atoms with Crippen molar-refractivity contribution in [1.82, 2.24) is 9.88 Å². The molecule has 0 aromatic carbocycles. The minimum Gasteiger partial charge on any atom is -0.381 e. The number of amides is 1. The third kappa shape index (κ3) is 4.07. The van der Waals surface area contributed by atoms with Crippen LogP contribution in [0.2, 0.25) is 0 Å². The van der Waals surface area contributed by atoms with Crippen molar-refractivity contribution < 1.29 is 22.5 Å². The average Bonchev–Trinajstić information content (AvgIpc) is 2.81. The average molecular weight is 330 g/mol. The van der Waals surface area contributed by atoms with Crippen molar-refractivity contribution in [2.24, 2.45) is 5.92 Å². The van der Waals surface area contributed by atoms with Gasteiger partial charge in [0.25, 0.3) is 5.91 Å². The Morgan fingerprint density at radius 1 is 1.36 bits per heavy atom. The fourth-order valence-electron chi connectivity index (χ4n) is 2.51. The van der Waals surface area contributed by atoms with Crippen molar-refractivity contribution in [3.05, 3.63) is 17.0 Å². The molecule has 0 radical (unpaired) electrons. The second kappa shape index (κ2) is 6.78. The molecule has 1 aromatic heterocycles.